The van der Waals surface area contributed by atoms with E-state index < -0.39 is 11.9 Å². The lowest BCUT2D eigenvalue weighted by atomic mass is 9.90. The zero-order valence-corrected chi connectivity index (χ0v) is 30.2. The van der Waals surface area contributed by atoms with E-state index in [1.54, 1.807) is 0 Å². The molecule has 3 amide bonds. The Morgan fingerprint density at radius 2 is 1.31 bits per heavy atom. The third-order valence-electron chi connectivity index (χ3n) is 9.41. The zero-order valence-electron chi connectivity index (χ0n) is 29.4. The highest BCUT2D eigenvalue weighted by atomic mass is 32.2. The van der Waals surface area contributed by atoms with Crippen molar-refractivity contribution in [2.75, 3.05) is 24.6 Å². The second-order valence-electron chi connectivity index (χ2n) is 13.6. The Balaban J connectivity index is 1.96. The highest BCUT2D eigenvalue weighted by molar-refractivity contribution is 8.00. The molecule has 0 aromatic carbocycles. The summed E-state index contributed by atoms with van der Waals surface area (Å²) in [6.45, 7) is 7.28. The molecule has 1 saturated heterocycles. The Kier molecular flexibility index (Phi) is 25.4. The molecule has 3 atom stereocenters. The molecule has 1 fully saturated rings. The summed E-state index contributed by atoms with van der Waals surface area (Å²) in [5.41, 5.74) is 5.42. The highest BCUT2D eigenvalue weighted by Crippen LogP contribution is 2.24. The van der Waals surface area contributed by atoms with Gasteiger partial charge in [-0.25, -0.2) is 0 Å². The van der Waals surface area contributed by atoms with Crippen molar-refractivity contribution < 1.29 is 19.2 Å². The van der Waals surface area contributed by atoms with E-state index in [0.717, 1.165) is 18.8 Å². The second kappa shape index (κ2) is 27.5. The maximum absolute atomic E-state index is 12.2. The molecule has 0 aliphatic carbocycles. The van der Waals surface area contributed by atoms with E-state index in [1.165, 1.54) is 132 Å². The van der Waals surface area contributed by atoms with E-state index in [0.29, 0.717) is 38.1 Å². The van der Waals surface area contributed by atoms with Crippen LogP contribution < -0.4 is 11.1 Å². The molecule has 0 aromatic heterocycles. The number of hydrogen-bond acceptors (Lipinski definition) is 5. The van der Waals surface area contributed by atoms with Crippen LogP contribution in [0.5, 0.6) is 0 Å². The van der Waals surface area contributed by atoms with Gasteiger partial charge in [0.05, 0.1) is 11.5 Å². The summed E-state index contributed by atoms with van der Waals surface area (Å²) in [5.74, 6) is 1.09. The average Bonchev–Trinajstić information content (AvgIpc) is 3.38. The monoisotopic (exact) mass is 652 g/mol. The molecular weight excluding hydrogens is 582 g/mol. The maximum atomic E-state index is 12.2. The number of unbranched alkanes of at least 4 members (excludes halogenated alkanes) is 14. The molecule has 1 heterocycles. The van der Waals surface area contributed by atoms with Crippen LogP contribution in [-0.4, -0.2) is 59.0 Å². The van der Waals surface area contributed by atoms with Crippen LogP contribution in [0.4, 0.5) is 0 Å². The topological polar surface area (TPSA) is 110 Å². The van der Waals surface area contributed by atoms with E-state index in [-0.39, 0.29) is 29.3 Å². The number of likely N-dealkylation sites (tertiary alicyclic amines) is 1. The number of hydrogen-bond donors (Lipinski definition) is 2. The molecule has 1 aliphatic rings. The highest BCUT2D eigenvalue weighted by Gasteiger charge is 2.35. The lowest BCUT2D eigenvalue weighted by Crippen LogP contribution is -2.45. The van der Waals surface area contributed by atoms with E-state index in [1.807, 2.05) is 6.92 Å². The average molecular weight is 652 g/mol. The van der Waals surface area contributed by atoms with Crippen molar-refractivity contribution in [1.82, 2.24) is 10.2 Å². The van der Waals surface area contributed by atoms with Gasteiger partial charge in [0.15, 0.2) is 0 Å². The van der Waals surface area contributed by atoms with Gasteiger partial charge in [0.2, 0.25) is 17.7 Å². The summed E-state index contributed by atoms with van der Waals surface area (Å²) in [6, 6.07) is -0.576. The van der Waals surface area contributed by atoms with Crippen LogP contribution in [0.3, 0.4) is 0 Å². The first kappa shape index (κ1) is 41.5. The molecule has 7 nitrogen and oxygen atoms in total. The van der Waals surface area contributed by atoms with Crippen molar-refractivity contribution in [1.29, 1.82) is 0 Å². The van der Waals surface area contributed by atoms with Crippen LogP contribution in [0, 0.1) is 11.8 Å². The quantitative estimate of drug-likeness (QED) is 0.0732. The summed E-state index contributed by atoms with van der Waals surface area (Å²) in [5, 5.41) is 2.87. The van der Waals surface area contributed by atoms with Crippen LogP contribution in [-0.2, 0) is 19.2 Å². The minimum Gasteiger partial charge on any atom is -0.368 e. The minimum absolute atomic E-state index is 0.0192. The molecule has 0 spiro atoms. The molecule has 0 radical (unpaired) electrons. The van der Waals surface area contributed by atoms with Crippen molar-refractivity contribution in [3.8, 4) is 0 Å². The fourth-order valence-electron chi connectivity index (χ4n) is 6.59. The molecule has 3 unspecified atom stereocenters. The Morgan fingerprint density at radius 3 is 1.87 bits per heavy atom. The van der Waals surface area contributed by atoms with Crippen molar-refractivity contribution in [2.45, 2.75) is 174 Å². The summed E-state index contributed by atoms with van der Waals surface area (Å²) < 4.78 is 0. The number of primary amides is 1. The Morgan fingerprint density at radius 1 is 0.778 bits per heavy atom. The van der Waals surface area contributed by atoms with Gasteiger partial charge in [0.25, 0.3) is 0 Å². The molecule has 0 bridgehead atoms. The van der Waals surface area contributed by atoms with Gasteiger partial charge >= 0.3 is 0 Å². The lowest BCUT2D eigenvalue weighted by molar-refractivity contribution is -0.136. The van der Waals surface area contributed by atoms with Crippen LogP contribution >= 0.6 is 11.8 Å². The number of amides is 3. The molecule has 1 rings (SSSR count). The van der Waals surface area contributed by atoms with Crippen molar-refractivity contribution in [3.63, 3.8) is 0 Å². The van der Waals surface area contributed by atoms with Crippen LogP contribution in [0.25, 0.3) is 0 Å². The van der Waals surface area contributed by atoms with E-state index in [9.17, 15) is 19.2 Å². The predicted molar refractivity (Wildman–Crippen MR) is 190 cm³/mol. The number of carbonyl (C=O) groups excluding carboxylic acids is 4. The number of nitrogens with zero attached hydrogens (tertiary/aromatic N) is 1. The molecule has 262 valence electrons. The number of rotatable bonds is 31. The molecule has 1 aliphatic heterocycles. The summed E-state index contributed by atoms with van der Waals surface area (Å²) in [7, 11) is 0. The normalized spacial score (nSPS) is 16.2. The van der Waals surface area contributed by atoms with Gasteiger partial charge in [0.1, 0.15) is 11.8 Å². The number of nitrogens with two attached hydrogens (primary N) is 1. The fraction of sp³-hybridized carbons (Fsp3) is 0.892. The largest absolute Gasteiger partial charge is 0.368 e. The molecular formula is C37H69N3O4S. The third-order valence-corrected chi connectivity index (χ3v) is 10.4. The van der Waals surface area contributed by atoms with Gasteiger partial charge in [-0.05, 0) is 18.8 Å². The molecule has 8 heteroatoms. The van der Waals surface area contributed by atoms with Gasteiger partial charge in [-0.3, -0.25) is 19.2 Å². The van der Waals surface area contributed by atoms with Crippen LogP contribution in [0.1, 0.15) is 168 Å². The minimum atomic E-state index is -0.576. The van der Waals surface area contributed by atoms with E-state index in [2.05, 4.69) is 19.2 Å². The summed E-state index contributed by atoms with van der Waals surface area (Å²) in [6.07, 6.45) is 28.3. The standard InChI is InChI=1S/C37H69N3O4S/c1-4-7-9-16-19-23-31(22-8-5-2)24-20-17-14-12-10-11-13-15-18-21-25-33(41)29-45-30-35(42)39-27-32-26-36(43)40(28-32)34(6-3)37(38)44/h31-32,34H,4-30H2,1-3H3,(H2,38,44)(H,39,42). The number of thioether (sulfide) groups is 1. The number of ketones is 1. The first-order chi connectivity index (χ1) is 21.8. The van der Waals surface area contributed by atoms with Gasteiger partial charge in [-0.1, -0.05) is 143 Å². The molecule has 3 N–H and O–H groups in total. The number of Topliss-reactive ketones (excluding diaryl/α,β-unsaturated/α-hetero) is 1. The van der Waals surface area contributed by atoms with Gasteiger partial charge in [-0.15, -0.1) is 11.8 Å². The maximum Gasteiger partial charge on any atom is 0.240 e. The first-order valence-corrected chi connectivity index (χ1v) is 19.9. The van der Waals surface area contributed by atoms with E-state index in [4.69, 9.17) is 5.73 Å². The smallest absolute Gasteiger partial charge is 0.240 e. The van der Waals surface area contributed by atoms with Crippen molar-refractivity contribution in [3.05, 3.63) is 0 Å². The van der Waals surface area contributed by atoms with Crippen LogP contribution in [0.2, 0.25) is 0 Å². The van der Waals surface area contributed by atoms with Crippen molar-refractivity contribution >= 4 is 35.3 Å². The number of carbonyl (C=O) groups is 4. The Labute approximate surface area is 280 Å². The first-order valence-electron chi connectivity index (χ1n) is 18.8. The fourth-order valence-corrected chi connectivity index (χ4v) is 7.35. The lowest BCUT2D eigenvalue weighted by Gasteiger charge is -2.24. The predicted octanol–water partition coefficient (Wildman–Crippen LogP) is 8.37. The SMILES string of the molecule is CCCCCCCC(CCCC)CCCCCCCCCCCCC(=O)CSCC(=O)NCC1CC(=O)N(C(CC)C(N)=O)C1. The molecule has 0 saturated carbocycles. The molecule has 45 heavy (non-hydrogen) atoms. The van der Waals surface area contributed by atoms with Gasteiger partial charge in [-0.2, -0.15) is 0 Å². The van der Waals surface area contributed by atoms with Gasteiger partial charge in [0, 0.05) is 31.8 Å². The zero-order chi connectivity index (χ0) is 33.1. The summed E-state index contributed by atoms with van der Waals surface area (Å²) >= 11 is 1.36. The van der Waals surface area contributed by atoms with Gasteiger partial charge < -0.3 is 16.0 Å². The Bertz CT molecular complexity index is 809. The second-order valence-corrected chi connectivity index (χ2v) is 14.5. The van der Waals surface area contributed by atoms with E-state index >= 15 is 0 Å². The Hall–Kier alpha value is -1.57. The summed E-state index contributed by atoms with van der Waals surface area (Å²) in [4.78, 5) is 49.8. The van der Waals surface area contributed by atoms with Crippen LogP contribution in [0.15, 0.2) is 0 Å². The molecule has 0 aromatic rings. The van der Waals surface area contributed by atoms with Crippen molar-refractivity contribution in [2.24, 2.45) is 17.6 Å². The number of nitrogens with one attached hydrogen (secondary N) is 1. The third kappa shape index (κ3) is 21.0.